The number of hydrogen-bond acceptors (Lipinski definition) is 3. The largest absolute Gasteiger partial charge is 0.458 e. The van der Waals surface area contributed by atoms with Gasteiger partial charge in [-0.05, 0) is 83.0 Å². The maximum atomic E-state index is 7.00. The zero-order valence-electron chi connectivity index (χ0n) is 30.6. The first kappa shape index (κ1) is 32.2. The van der Waals surface area contributed by atoms with Crippen molar-refractivity contribution in [2.45, 2.75) is 0 Å². The van der Waals surface area contributed by atoms with Crippen LogP contribution in [0.1, 0.15) is 0 Å². The van der Waals surface area contributed by atoms with Gasteiger partial charge in [0.25, 0.3) is 6.71 Å². The quantitative estimate of drug-likeness (QED) is 0.121. The maximum Gasteiger partial charge on any atom is 0.251 e. The molecule has 1 heterocycles. The summed E-state index contributed by atoms with van der Waals surface area (Å²) in [6.45, 7) is 0.0440. The Bertz CT molecular complexity index is 2810. The SMILES string of the molecule is c1ccc(B2c3ccccc3Oc3c2cc2ccc4c(N(c5ccccc5)c5ccccc5)cc(N(c5ccccc5)c5ccccc5)c5ccc3c2c45)cc1. The van der Waals surface area contributed by atoms with Gasteiger partial charge in [-0.1, -0.05) is 151 Å². The Morgan fingerprint density at radius 3 is 1.34 bits per heavy atom. The molecule has 0 fully saturated rings. The van der Waals surface area contributed by atoms with Crippen molar-refractivity contribution < 1.29 is 4.74 Å². The van der Waals surface area contributed by atoms with Crippen molar-refractivity contribution >= 4 is 89.5 Å². The van der Waals surface area contributed by atoms with Crippen molar-refractivity contribution in [1.29, 1.82) is 0 Å². The van der Waals surface area contributed by atoms with Crippen LogP contribution < -0.4 is 30.9 Å². The van der Waals surface area contributed by atoms with Gasteiger partial charge in [0.15, 0.2) is 0 Å². The maximum absolute atomic E-state index is 7.00. The molecule has 0 bridgehead atoms. The summed E-state index contributed by atoms with van der Waals surface area (Å²) in [7, 11) is 0. The second kappa shape index (κ2) is 13.2. The lowest BCUT2D eigenvalue weighted by molar-refractivity contribution is 0.493. The fraction of sp³-hybridized carbons (Fsp3) is 0. The van der Waals surface area contributed by atoms with Gasteiger partial charge in [0.1, 0.15) is 11.5 Å². The highest BCUT2D eigenvalue weighted by Gasteiger charge is 2.34. The van der Waals surface area contributed by atoms with Gasteiger partial charge >= 0.3 is 0 Å². The number of rotatable bonds is 7. The molecule has 56 heavy (non-hydrogen) atoms. The number of benzene rings is 10. The summed E-state index contributed by atoms with van der Waals surface area (Å²) in [5.74, 6) is 1.83. The Hall–Kier alpha value is -7.30. The van der Waals surface area contributed by atoms with Crippen molar-refractivity contribution in [2.24, 2.45) is 0 Å². The van der Waals surface area contributed by atoms with Crippen LogP contribution in [0.5, 0.6) is 11.5 Å². The van der Waals surface area contributed by atoms with Crippen LogP contribution >= 0.6 is 0 Å². The van der Waals surface area contributed by atoms with Gasteiger partial charge in [0, 0.05) is 49.7 Å². The van der Waals surface area contributed by atoms with Gasteiger partial charge in [0.2, 0.25) is 0 Å². The minimum absolute atomic E-state index is 0.0440. The molecule has 262 valence electrons. The molecule has 1 aliphatic rings. The molecular formula is C52H35BN2O. The van der Waals surface area contributed by atoms with E-state index < -0.39 is 0 Å². The molecule has 0 saturated heterocycles. The third kappa shape index (κ3) is 5.15. The first-order valence-electron chi connectivity index (χ1n) is 19.2. The van der Waals surface area contributed by atoms with E-state index in [1.165, 1.54) is 43.3 Å². The van der Waals surface area contributed by atoms with Crippen LogP contribution in [0.15, 0.2) is 212 Å². The number of para-hydroxylation sites is 5. The minimum atomic E-state index is 0.0440. The standard InChI is InChI=1S/C52H35BN2O/c1-6-18-37(19-7-1)53-45-28-16-17-29-49(45)56-52-44-33-32-43-48(55(40-24-12-4-13-25-40)41-26-14-5-15-27-41)35-47(42-31-30-36(34-46(52)53)50(44)51(42)43)54(38-20-8-2-9-21-38)39-22-10-3-11-23-39/h1-35H. The summed E-state index contributed by atoms with van der Waals surface area (Å²) in [4.78, 5) is 4.80. The Morgan fingerprint density at radius 2 is 0.804 bits per heavy atom. The molecule has 10 aromatic rings. The predicted octanol–water partition coefficient (Wildman–Crippen LogP) is 12.1. The zero-order valence-corrected chi connectivity index (χ0v) is 30.6. The van der Waals surface area contributed by atoms with E-state index in [1.807, 2.05) is 0 Å². The summed E-state index contributed by atoms with van der Waals surface area (Å²) >= 11 is 0. The lowest BCUT2D eigenvalue weighted by atomic mass is 9.35. The number of nitrogens with zero attached hydrogens (tertiary/aromatic N) is 2. The second-order valence-corrected chi connectivity index (χ2v) is 14.5. The molecule has 11 rings (SSSR count). The molecular weight excluding hydrogens is 679 g/mol. The molecule has 1 aliphatic heterocycles. The number of ether oxygens (including phenoxy) is 1. The highest BCUT2D eigenvalue weighted by Crippen LogP contribution is 2.51. The van der Waals surface area contributed by atoms with E-state index >= 15 is 0 Å². The summed E-state index contributed by atoms with van der Waals surface area (Å²) in [5.41, 5.74) is 10.2. The fourth-order valence-corrected chi connectivity index (χ4v) is 8.89. The summed E-state index contributed by atoms with van der Waals surface area (Å²) in [5, 5.41) is 7.07. The molecule has 0 aliphatic carbocycles. The molecule has 0 atom stereocenters. The monoisotopic (exact) mass is 714 g/mol. The van der Waals surface area contributed by atoms with Gasteiger partial charge in [-0.15, -0.1) is 0 Å². The first-order chi connectivity index (χ1) is 27.8. The van der Waals surface area contributed by atoms with Crippen molar-refractivity contribution in [1.82, 2.24) is 0 Å². The van der Waals surface area contributed by atoms with Gasteiger partial charge < -0.3 is 14.5 Å². The van der Waals surface area contributed by atoms with Crippen LogP contribution in [0.2, 0.25) is 0 Å². The predicted molar refractivity (Wildman–Crippen MR) is 237 cm³/mol. The van der Waals surface area contributed by atoms with Gasteiger partial charge in [-0.3, -0.25) is 0 Å². The average molecular weight is 715 g/mol. The Kier molecular flexibility index (Phi) is 7.60. The lowest BCUT2D eigenvalue weighted by Gasteiger charge is -2.33. The van der Waals surface area contributed by atoms with E-state index in [4.69, 9.17) is 4.74 Å². The van der Waals surface area contributed by atoms with Crippen molar-refractivity contribution in [3.8, 4) is 11.5 Å². The molecule has 0 saturated carbocycles. The van der Waals surface area contributed by atoms with Crippen LogP contribution in [-0.4, -0.2) is 6.71 Å². The van der Waals surface area contributed by atoms with E-state index in [0.29, 0.717) is 0 Å². The molecule has 0 spiro atoms. The zero-order chi connectivity index (χ0) is 37.0. The topological polar surface area (TPSA) is 15.7 Å². The fourth-order valence-electron chi connectivity index (χ4n) is 8.89. The van der Waals surface area contributed by atoms with Crippen LogP contribution in [-0.2, 0) is 0 Å². The van der Waals surface area contributed by atoms with E-state index in [0.717, 1.165) is 51.0 Å². The molecule has 4 heteroatoms. The van der Waals surface area contributed by atoms with Gasteiger partial charge in [-0.2, -0.15) is 0 Å². The summed E-state index contributed by atoms with van der Waals surface area (Å²) < 4.78 is 7.00. The molecule has 10 aromatic carbocycles. The molecule has 0 N–H and O–H groups in total. The number of hydrogen-bond donors (Lipinski definition) is 0. The Labute approximate surface area is 326 Å². The van der Waals surface area contributed by atoms with Crippen LogP contribution in [0.3, 0.4) is 0 Å². The average Bonchev–Trinajstić information content (AvgIpc) is 3.27. The third-order valence-electron chi connectivity index (χ3n) is 11.3. The highest BCUT2D eigenvalue weighted by atomic mass is 16.5. The van der Waals surface area contributed by atoms with Crippen LogP contribution in [0.25, 0.3) is 32.3 Å². The van der Waals surface area contributed by atoms with Crippen molar-refractivity contribution in [3.05, 3.63) is 212 Å². The number of anilines is 6. The van der Waals surface area contributed by atoms with Crippen molar-refractivity contribution in [2.75, 3.05) is 9.80 Å². The van der Waals surface area contributed by atoms with Crippen LogP contribution in [0, 0.1) is 0 Å². The van der Waals surface area contributed by atoms with E-state index in [1.54, 1.807) is 0 Å². The Balaban J connectivity index is 1.27. The Morgan fingerprint density at radius 1 is 0.357 bits per heavy atom. The minimum Gasteiger partial charge on any atom is -0.458 e. The molecule has 0 radical (unpaired) electrons. The van der Waals surface area contributed by atoms with Gasteiger partial charge in [-0.25, -0.2) is 0 Å². The summed E-state index contributed by atoms with van der Waals surface area (Å²) in [6.07, 6.45) is 0. The normalized spacial score (nSPS) is 12.0. The smallest absolute Gasteiger partial charge is 0.251 e. The van der Waals surface area contributed by atoms with Crippen LogP contribution in [0.4, 0.5) is 34.1 Å². The van der Waals surface area contributed by atoms with E-state index in [9.17, 15) is 0 Å². The van der Waals surface area contributed by atoms with Crippen molar-refractivity contribution in [3.63, 3.8) is 0 Å². The third-order valence-corrected chi connectivity index (χ3v) is 11.3. The lowest BCUT2D eigenvalue weighted by Crippen LogP contribution is -2.54. The first-order valence-corrected chi connectivity index (χ1v) is 19.2. The van der Waals surface area contributed by atoms with E-state index in [2.05, 4.69) is 222 Å². The van der Waals surface area contributed by atoms with E-state index in [-0.39, 0.29) is 6.71 Å². The van der Waals surface area contributed by atoms with Gasteiger partial charge in [0.05, 0.1) is 11.4 Å². The highest BCUT2D eigenvalue weighted by molar-refractivity contribution is 6.97. The molecule has 0 amide bonds. The summed E-state index contributed by atoms with van der Waals surface area (Å²) in [6, 6.07) is 76.2. The number of fused-ring (bicyclic) bond motifs is 3. The molecule has 0 unspecified atom stereocenters. The molecule has 0 aromatic heterocycles. The second-order valence-electron chi connectivity index (χ2n) is 14.5. The molecule has 3 nitrogen and oxygen atoms in total.